The van der Waals surface area contributed by atoms with E-state index in [4.69, 9.17) is 9.47 Å². The van der Waals surface area contributed by atoms with Crippen LogP contribution in [0.4, 0.5) is 4.79 Å². The molecule has 0 radical (unpaired) electrons. The molecule has 0 bridgehead atoms. The number of amides is 1. The highest BCUT2D eigenvalue weighted by Crippen LogP contribution is 2.16. The maximum atomic E-state index is 12.3. The van der Waals surface area contributed by atoms with Gasteiger partial charge in [0.2, 0.25) is 0 Å². The average molecular weight is 367 g/mol. The van der Waals surface area contributed by atoms with Crippen LogP contribution in [0.2, 0.25) is 0 Å². The van der Waals surface area contributed by atoms with Crippen molar-refractivity contribution in [2.45, 2.75) is 39.4 Å². The topological polar surface area (TPSA) is 38.8 Å². The van der Waals surface area contributed by atoms with Gasteiger partial charge in [-0.15, -0.1) is 6.58 Å². The van der Waals surface area contributed by atoms with E-state index in [2.05, 4.69) is 6.58 Å². The maximum Gasteiger partial charge on any atom is 0.410 e. The maximum absolute atomic E-state index is 12.3. The third kappa shape index (κ3) is 7.57. The van der Waals surface area contributed by atoms with Crippen molar-refractivity contribution in [1.82, 2.24) is 4.90 Å². The number of hydrogen-bond acceptors (Lipinski definition) is 3. The molecule has 0 saturated carbocycles. The van der Waals surface area contributed by atoms with Gasteiger partial charge in [-0.25, -0.2) is 4.79 Å². The molecular weight excluding hydrogens is 338 g/mol. The van der Waals surface area contributed by atoms with Gasteiger partial charge in [0.1, 0.15) is 18.0 Å². The molecule has 2 aromatic rings. The lowest BCUT2D eigenvalue weighted by Gasteiger charge is -2.26. The summed E-state index contributed by atoms with van der Waals surface area (Å²) in [5.74, 6) is 0.831. The summed E-state index contributed by atoms with van der Waals surface area (Å²) in [5.41, 5.74) is 1.77. The summed E-state index contributed by atoms with van der Waals surface area (Å²) in [5, 5.41) is 0. The number of nitrogens with zero attached hydrogens (tertiary/aromatic N) is 1. The smallest absolute Gasteiger partial charge is 0.410 e. The van der Waals surface area contributed by atoms with E-state index in [0.717, 1.165) is 23.3 Å². The molecule has 0 aromatic heterocycles. The Kier molecular flexibility index (Phi) is 7.47. The van der Waals surface area contributed by atoms with Crippen LogP contribution in [0.25, 0.3) is 0 Å². The summed E-state index contributed by atoms with van der Waals surface area (Å²) in [6.07, 6.45) is 2.14. The molecule has 144 valence electrons. The fourth-order valence-corrected chi connectivity index (χ4v) is 2.50. The predicted molar refractivity (Wildman–Crippen MR) is 109 cm³/mol. The number of rotatable bonds is 8. The molecule has 0 N–H and O–H groups in total. The number of carbonyl (C=O) groups excluding carboxylic acids is 1. The Bertz CT molecular complexity index is 718. The zero-order chi connectivity index (χ0) is 19.7. The second kappa shape index (κ2) is 9.81. The van der Waals surface area contributed by atoms with Crippen LogP contribution in [-0.4, -0.2) is 29.7 Å². The lowest BCUT2D eigenvalue weighted by molar-refractivity contribution is 0.0274. The second-order valence-electron chi connectivity index (χ2n) is 7.38. The Morgan fingerprint density at radius 2 is 1.70 bits per heavy atom. The molecular formula is C23H29NO3. The minimum absolute atomic E-state index is 0.315. The number of hydrogen-bond donors (Lipinski definition) is 0. The third-order valence-corrected chi connectivity index (χ3v) is 3.84. The largest absolute Gasteiger partial charge is 0.489 e. The van der Waals surface area contributed by atoms with Crippen LogP contribution < -0.4 is 4.74 Å². The van der Waals surface area contributed by atoms with Crippen molar-refractivity contribution in [1.29, 1.82) is 0 Å². The first kappa shape index (κ1) is 20.6. The van der Waals surface area contributed by atoms with Crippen molar-refractivity contribution in [2.24, 2.45) is 0 Å². The fraction of sp³-hybridized carbons (Fsp3) is 0.348. The second-order valence-corrected chi connectivity index (χ2v) is 7.38. The highest BCUT2D eigenvalue weighted by molar-refractivity contribution is 5.68. The van der Waals surface area contributed by atoms with Crippen LogP contribution in [0, 0.1) is 0 Å². The van der Waals surface area contributed by atoms with Gasteiger partial charge in [-0.2, -0.15) is 0 Å². The number of ether oxygens (including phenoxy) is 2. The van der Waals surface area contributed by atoms with E-state index in [1.807, 2.05) is 75.4 Å². The molecule has 0 fully saturated rings. The van der Waals surface area contributed by atoms with Crippen LogP contribution in [-0.2, 0) is 17.8 Å². The van der Waals surface area contributed by atoms with Gasteiger partial charge in [-0.1, -0.05) is 48.5 Å². The van der Waals surface area contributed by atoms with Crippen molar-refractivity contribution >= 4 is 6.09 Å². The van der Waals surface area contributed by atoms with Crippen LogP contribution >= 0.6 is 0 Å². The van der Waals surface area contributed by atoms with Crippen LogP contribution in [0.5, 0.6) is 5.75 Å². The molecule has 4 heteroatoms. The molecule has 0 aliphatic heterocycles. The van der Waals surface area contributed by atoms with Gasteiger partial charge < -0.3 is 14.4 Å². The molecule has 0 unspecified atom stereocenters. The van der Waals surface area contributed by atoms with E-state index >= 15 is 0 Å². The van der Waals surface area contributed by atoms with Crippen molar-refractivity contribution in [2.75, 3.05) is 13.1 Å². The summed E-state index contributed by atoms with van der Waals surface area (Å²) in [6.45, 7) is 10.9. The molecule has 0 saturated heterocycles. The van der Waals surface area contributed by atoms with Crippen LogP contribution in [0.15, 0.2) is 67.3 Å². The van der Waals surface area contributed by atoms with Crippen molar-refractivity contribution in [3.8, 4) is 5.75 Å². The van der Waals surface area contributed by atoms with Crippen molar-refractivity contribution < 1.29 is 14.3 Å². The summed E-state index contributed by atoms with van der Waals surface area (Å²) < 4.78 is 11.3. The number of benzene rings is 2. The molecule has 0 spiro atoms. The first-order chi connectivity index (χ1) is 12.9. The summed E-state index contributed by atoms with van der Waals surface area (Å²) in [4.78, 5) is 13.9. The molecule has 2 aromatic carbocycles. The molecule has 27 heavy (non-hydrogen) atoms. The Morgan fingerprint density at radius 3 is 2.30 bits per heavy atom. The van der Waals surface area contributed by atoms with Gasteiger partial charge >= 0.3 is 6.09 Å². The molecule has 0 aliphatic carbocycles. The van der Waals surface area contributed by atoms with Gasteiger partial charge in [-0.3, -0.25) is 0 Å². The summed E-state index contributed by atoms with van der Waals surface area (Å²) in [7, 11) is 0. The van der Waals surface area contributed by atoms with Crippen LogP contribution in [0.3, 0.4) is 0 Å². The van der Waals surface area contributed by atoms with E-state index in [1.165, 1.54) is 0 Å². The van der Waals surface area contributed by atoms with E-state index < -0.39 is 5.60 Å². The molecule has 1 amide bonds. The highest BCUT2D eigenvalue weighted by atomic mass is 16.6. The third-order valence-electron chi connectivity index (χ3n) is 3.84. The van der Waals surface area contributed by atoms with Gasteiger partial charge in [-0.05, 0) is 50.5 Å². The monoisotopic (exact) mass is 367 g/mol. The molecule has 0 aliphatic rings. The Hall–Kier alpha value is -2.75. The quantitative estimate of drug-likeness (QED) is 0.600. The molecule has 4 nitrogen and oxygen atoms in total. The predicted octanol–water partition coefficient (Wildman–Crippen LogP) is 5.23. The van der Waals surface area contributed by atoms with Crippen molar-refractivity contribution in [3.05, 3.63) is 78.4 Å². The molecule has 2 rings (SSSR count). The Labute approximate surface area is 162 Å². The minimum atomic E-state index is -0.506. The van der Waals surface area contributed by atoms with E-state index in [0.29, 0.717) is 19.7 Å². The molecule has 0 atom stereocenters. The first-order valence-corrected chi connectivity index (χ1v) is 9.22. The standard InChI is InChI=1S/C23H29NO3/c1-5-16-24(22(25)27-23(2,3)4)17-15-19-11-13-21(14-12-19)26-18-20-9-7-6-8-10-20/h5-14H,1,15-18H2,2-4H3. The molecule has 0 heterocycles. The normalized spacial score (nSPS) is 10.9. The SMILES string of the molecule is C=CCN(CCc1ccc(OCc2ccccc2)cc1)C(=O)OC(C)(C)C. The zero-order valence-electron chi connectivity index (χ0n) is 16.5. The summed E-state index contributed by atoms with van der Waals surface area (Å²) in [6, 6.07) is 18.1. The van der Waals surface area contributed by atoms with E-state index in [1.54, 1.807) is 11.0 Å². The van der Waals surface area contributed by atoms with Gasteiger partial charge in [0, 0.05) is 13.1 Å². The Balaban J connectivity index is 1.86. The minimum Gasteiger partial charge on any atom is -0.489 e. The lowest BCUT2D eigenvalue weighted by atomic mass is 10.1. The number of carbonyl (C=O) groups is 1. The van der Waals surface area contributed by atoms with Gasteiger partial charge in [0.15, 0.2) is 0 Å². The van der Waals surface area contributed by atoms with E-state index in [9.17, 15) is 4.79 Å². The zero-order valence-corrected chi connectivity index (χ0v) is 16.5. The fourth-order valence-electron chi connectivity index (χ4n) is 2.50. The first-order valence-electron chi connectivity index (χ1n) is 9.22. The lowest BCUT2D eigenvalue weighted by Crippen LogP contribution is -2.38. The summed E-state index contributed by atoms with van der Waals surface area (Å²) >= 11 is 0. The van der Waals surface area contributed by atoms with Crippen LogP contribution in [0.1, 0.15) is 31.9 Å². The average Bonchev–Trinajstić information content (AvgIpc) is 2.63. The van der Waals surface area contributed by atoms with Crippen molar-refractivity contribution in [3.63, 3.8) is 0 Å². The van der Waals surface area contributed by atoms with Gasteiger partial charge in [0.25, 0.3) is 0 Å². The Morgan fingerprint density at radius 1 is 1.04 bits per heavy atom. The highest BCUT2D eigenvalue weighted by Gasteiger charge is 2.21. The van der Waals surface area contributed by atoms with E-state index in [-0.39, 0.29) is 6.09 Å². The van der Waals surface area contributed by atoms with Gasteiger partial charge in [0.05, 0.1) is 0 Å².